The lowest BCUT2D eigenvalue weighted by atomic mass is 9.93. The zero-order chi connectivity index (χ0) is 15.8. The quantitative estimate of drug-likeness (QED) is 0.636. The summed E-state index contributed by atoms with van der Waals surface area (Å²) >= 11 is 0. The lowest BCUT2D eigenvalue weighted by Crippen LogP contribution is -2.31. The van der Waals surface area contributed by atoms with Crippen molar-refractivity contribution in [2.24, 2.45) is 11.7 Å². The standard InChI is InChI=1S/C14H18FNO5/c15-8-21-11-4-1-9(2-5-11)7-10(13(17)18)3-6-12(16)14(19)20/h1-2,4-5,10,12H,3,6-8,16H2,(H,17,18)(H,19,20)/t10-,12-/m0/s1. The Morgan fingerprint density at radius 3 is 2.24 bits per heavy atom. The summed E-state index contributed by atoms with van der Waals surface area (Å²) in [4.78, 5) is 21.8. The van der Waals surface area contributed by atoms with E-state index in [9.17, 15) is 14.0 Å². The molecule has 1 aromatic rings. The Morgan fingerprint density at radius 2 is 1.76 bits per heavy atom. The first-order valence-electron chi connectivity index (χ1n) is 6.43. The predicted molar refractivity (Wildman–Crippen MR) is 72.7 cm³/mol. The summed E-state index contributed by atoms with van der Waals surface area (Å²) < 4.78 is 16.6. The minimum Gasteiger partial charge on any atom is -0.481 e. The average Bonchev–Trinajstić information content (AvgIpc) is 2.44. The Bertz CT molecular complexity index is 477. The molecule has 0 aliphatic rings. The molecule has 0 aromatic heterocycles. The molecule has 0 amide bonds. The van der Waals surface area contributed by atoms with Gasteiger partial charge in [-0.05, 0) is 37.0 Å². The molecular weight excluding hydrogens is 281 g/mol. The van der Waals surface area contributed by atoms with E-state index in [1.165, 1.54) is 0 Å². The van der Waals surface area contributed by atoms with Gasteiger partial charge in [-0.1, -0.05) is 12.1 Å². The molecule has 6 nitrogen and oxygen atoms in total. The molecule has 1 rings (SSSR count). The van der Waals surface area contributed by atoms with Crippen molar-refractivity contribution < 1.29 is 28.9 Å². The number of carboxylic acid groups (broad SMARTS) is 2. The Hall–Kier alpha value is -2.15. The molecule has 21 heavy (non-hydrogen) atoms. The SMILES string of the molecule is N[C@@H](CC[C@@H](Cc1ccc(OCF)cc1)C(=O)O)C(=O)O. The second-order valence-electron chi connectivity index (χ2n) is 4.66. The first kappa shape index (κ1) is 16.9. The van der Waals surface area contributed by atoms with Crippen LogP contribution in [-0.2, 0) is 16.0 Å². The number of ether oxygens (including phenoxy) is 1. The van der Waals surface area contributed by atoms with Crippen LogP contribution in [-0.4, -0.2) is 35.1 Å². The van der Waals surface area contributed by atoms with E-state index in [0.29, 0.717) is 5.75 Å². The Labute approximate surface area is 121 Å². The molecule has 116 valence electrons. The van der Waals surface area contributed by atoms with Gasteiger partial charge in [0, 0.05) is 0 Å². The number of halogens is 1. The van der Waals surface area contributed by atoms with Crippen molar-refractivity contribution in [2.45, 2.75) is 25.3 Å². The molecule has 0 saturated carbocycles. The molecule has 2 atom stereocenters. The van der Waals surface area contributed by atoms with Crippen LogP contribution in [0.4, 0.5) is 4.39 Å². The number of nitrogens with two attached hydrogens (primary N) is 1. The molecule has 1 aromatic carbocycles. The van der Waals surface area contributed by atoms with Gasteiger partial charge in [0.25, 0.3) is 0 Å². The van der Waals surface area contributed by atoms with Gasteiger partial charge in [-0.25, -0.2) is 4.39 Å². The lowest BCUT2D eigenvalue weighted by molar-refractivity contribution is -0.143. The third-order valence-corrected chi connectivity index (χ3v) is 3.12. The van der Waals surface area contributed by atoms with Crippen molar-refractivity contribution in [1.82, 2.24) is 0 Å². The fourth-order valence-corrected chi connectivity index (χ4v) is 1.89. The summed E-state index contributed by atoms with van der Waals surface area (Å²) in [7, 11) is 0. The van der Waals surface area contributed by atoms with Gasteiger partial charge in [-0.3, -0.25) is 9.59 Å². The lowest BCUT2D eigenvalue weighted by Gasteiger charge is -2.14. The van der Waals surface area contributed by atoms with E-state index in [1.807, 2.05) is 0 Å². The maximum absolute atomic E-state index is 12.0. The van der Waals surface area contributed by atoms with Crippen LogP contribution in [0.5, 0.6) is 5.75 Å². The number of hydrogen-bond acceptors (Lipinski definition) is 4. The van der Waals surface area contributed by atoms with Crippen LogP contribution >= 0.6 is 0 Å². The summed E-state index contributed by atoms with van der Waals surface area (Å²) in [6, 6.07) is 5.34. The van der Waals surface area contributed by atoms with Gasteiger partial charge in [0.2, 0.25) is 6.86 Å². The van der Waals surface area contributed by atoms with Crippen molar-refractivity contribution in [3.63, 3.8) is 0 Å². The molecule has 0 saturated heterocycles. The summed E-state index contributed by atoms with van der Waals surface area (Å²) in [5.74, 6) is -2.51. The summed E-state index contributed by atoms with van der Waals surface area (Å²) in [5, 5.41) is 17.8. The van der Waals surface area contributed by atoms with Crippen molar-refractivity contribution >= 4 is 11.9 Å². The maximum Gasteiger partial charge on any atom is 0.320 e. The molecular formula is C14H18FNO5. The van der Waals surface area contributed by atoms with Gasteiger partial charge in [0.1, 0.15) is 11.8 Å². The normalized spacial score (nSPS) is 13.4. The van der Waals surface area contributed by atoms with Crippen LogP contribution in [0.1, 0.15) is 18.4 Å². The third-order valence-electron chi connectivity index (χ3n) is 3.12. The van der Waals surface area contributed by atoms with Crippen molar-refractivity contribution in [3.8, 4) is 5.75 Å². The Kier molecular flexibility index (Phi) is 6.61. The largest absolute Gasteiger partial charge is 0.481 e. The van der Waals surface area contributed by atoms with Crippen LogP contribution in [0.2, 0.25) is 0 Å². The van der Waals surface area contributed by atoms with Gasteiger partial charge in [-0.2, -0.15) is 0 Å². The number of carbonyl (C=O) groups is 2. The van der Waals surface area contributed by atoms with Gasteiger partial charge in [0.15, 0.2) is 0 Å². The topological polar surface area (TPSA) is 110 Å². The first-order chi connectivity index (χ1) is 9.93. The minimum atomic E-state index is -1.15. The smallest absolute Gasteiger partial charge is 0.320 e. The fourth-order valence-electron chi connectivity index (χ4n) is 1.89. The summed E-state index contributed by atoms with van der Waals surface area (Å²) in [5.41, 5.74) is 6.11. The van der Waals surface area contributed by atoms with Crippen LogP contribution in [0.3, 0.4) is 0 Å². The Morgan fingerprint density at radius 1 is 1.14 bits per heavy atom. The monoisotopic (exact) mass is 299 g/mol. The second kappa shape index (κ2) is 8.21. The molecule has 0 bridgehead atoms. The predicted octanol–water partition coefficient (Wildman–Crippen LogP) is 1.43. The average molecular weight is 299 g/mol. The van der Waals surface area contributed by atoms with Gasteiger partial charge in [-0.15, -0.1) is 0 Å². The molecule has 0 aliphatic carbocycles. The Balaban J connectivity index is 2.61. The molecule has 7 heteroatoms. The first-order valence-corrected chi connectivity index (χ1v) is 6.43. The molecule has 0 radical (unpaired) electrons. The molecule has 0 fully saturated rings. The van der Waals surface area contributed by atoms with Crippen LogP contribution in [0.15, 0.2) is 24.3 Å². The fraction of sp³-hybridized carbons (Fsp3) is 0.429. The van der Waals surface area contributed by atoms with Crippen molar-refractivity contribution in [3.05, 3.63) is 29.8 Å². The molecule has 0 spiro atoms. The van der Waals surface area contributed by atoms with Crippen LogP contribution in [0, 0.1) is 5.92 Å². The van der Waals surface area contributed by atoms with Gasteiger partial charge < -0.3 is 20.7 Å². The van der Waals surface area contributed by atoms with E-state index in [1.54, 1.807) is 24.3 Å². The van der Waals surface area contributed by atoms with Crippen LogP contribution < -0.4 is 10.5 Å². The highest BCUT2D eigenvalue weighted by Crippen LogP contribution is 2.18. The summed E-state index contributed by atoms with van der Waals surface area (Å²) in [6.07, 6.45) is 0.512. The van der Waals surface area contributed by atoms with E-state index in [4.69, 9.17) is 15.9 Å². The van der Waals surface area contributed by atoms with Crippen LogP contribution in [0.25, 0.3) is 0 Å². The highest BCUT2D eigenvalue weighted by Gasteiger charge is 2.21. The van der Waals surface area contributed by atoms with Crippen molar-refractivity contribution in [1.29, 1.82) is 0 Å². The number of alkyl halides is 1. The molecule has 0 heterocycles. The van der Waals surface area contributed by atoms with E-state index in [2.05, 4.69) is 4.74 Å². The van der Waals surface area contributed by atoms with E-state index in [-0.39, 0.29) is 19.3 Å². The van der Waals surface area contributed by atoms with Gasteiger partial charge in [0.05, 0.1) is 5.92 Å². The highest BCUT2D eigenvalue weighted by atomic mass is 19.1. The zero-order valence-electron chi connectivity index (χ0n) is 11.4. The van der Waals surface area contributed by atoms with E-state index >= 15 is 0 Å². The third kappa shape index (κ3) is 5.78. The molecule has 0 unspecified atom stereocenters. The van der Waals surface area contributed by atoms with Gasteiger partial charge >= 0.3 is 11.9 Å². The zero-order valence-corrected chi connectivity index (χ0v) is 11.4. The van der Waals surface area contributed by atoms with E-state index in [0.717, 1.165) is 5.56 Å². The maximum atomic E-state index is 12.0. The summed E-state index contributed by atoms with van der Waals surface area (Å²) in [6.45, 7) is -0.926. The van der Waals surface area contributed by atoms with E-state index < -0.39 is 30.8 Å². The number of benzene rings is 1. The number of carboxylic acids is 2. The number of hydrogen-bond donors (Lipinski definition) is 3. The highest BCUT2D eigenvalue weighted by molar-refractivity contribution is 5.73. The number of rotatable bonds is 9. The second-order valence-corrected chi connectivity index (χ2v) is 4.66. The minimum absolute atomic E-state index is 0.0926. The number of aliphatic carboxylic acids is 2. The molecule has 0 aliphatic heterocycles. The molecule has 4 N–H and O–H groups in total. The van der Waals surface area contributed by atoms with Crippen molar-refractivity contribution in [2.75, 3.05) is 6.86 Å².